The molecule has 0 saturated heterocycles. The van der Waals surface area contributed by atoms with Crippen LogP contribution in [-0.2, 0) is 6.42 Å². The molecule has 1 aromatic heterocycles. The molecule has 0 saturated carbocycles. The van der Waals surface area contributed by atoms with E-state index >= 15 is 0 Å². The summed E-state index contributed by atoms with van der Waals surface area (Å²) < 4.78 is 5.11. The molecule has 0 aliphatic carbocycles. The van der Waals surface area contributed by atoms with Crippen molar-refractivity contribution < 1.29 is 4.52 Å². The molecule has 0 radical (unpaired) electrons. The third kappa shape index (κ3) is 2.98. The predicted molar refractivity (Wildman–Crippen MR) is 56.3 cm³/mol. The molecule has 2 unspecified atom stereocenters. The van der Waals surface area contributed by atoms with Crippen LogP contribution in [0.4, 0.5) is 0 Å². The maximum atomic E-state index is 5.99. The van der Waals surface area contributed by atoms with Gasteiger partial charge in [-0.2, -0.15) is 4.98 Å². The van der Waals surface area contributed by atoms with Gasteiger partial charge in [-0.15, -0.1) is 11.6 Å². The molecule has 2 atom stereocenters. The number of halogens is 1. The first kappa shape index (κ1) is 11.5. The van der Waals surface area contributed by atoms with E-state index in [2.05, 4.69) is 24.0 Å². The number of hydrogen-bond acceptors (Lipinski definition) is 3. The molecule has 0 aliphatic rings. The van der Waals surface area contributed by atoms with E-state index in [-0.39, 0.29) is 5.38 Å². The van der Waals surface area contributed by atoms with Gasteiger partial charge in [0.2, 0.25) is 5.89 Å². The predicted octanol–water partition coefficient (Wildman–Crippen LogP) is 3.35. The van der Waals surface area contributed by atoms with Gasteiger partial charge in [0.15, 0.2) is 5.82 Å². The van der Waals surface area contributed by atoms with Crippen LogP contribution in [0, 0.1) is 5.92 Å². The molecule has 0 bridgehead atoms. The van der Waals surface area contributed by atoms with Gasteiger partial charge in [0, 0.05) is 6.42 Å². The Bertz CT molecular complexity index is 275. The Balaban J connectivity index is 2.59. The molecule has 0 aliphatic heterocycles. The van der Waals surface area contributed by atoms with Crippen LogP contribution in [-0.4, -0.2) is 10.1 Å². The molecule has 14 heavy (non-hydrogen) atoms. The number of rotatable bonds is 5. The Labute approximate surface area is 89.8 Å². The van der Waals surface area contributed by atoms with Crippen LogP contribution in [0.25, 0.3) is 0 Å². The molecular weight excluding hydrogens is 200 g/mol. The van der Waals surface area contributed by atoms with Gasteiger partial charge in [0.25, 0.3) is 0 Å². The molecule has 0 amide bonds. The fourth-order valence-electron chi connectivity index (χ4n) is 1.10. The summed E-state index contributed by atoms with van der Waals surface area (Å²) in [4.78, 5) is 4.26. The van der Waals surface area contributed by atoms with E-state index in [1.807, 2.05) is 6.92 Å². The first-order valence-corrected chi connectivity index (χ1v) is 5.57. The van der Waals surface area contributed by atoms with E-state index in [9.17, 15) is 0 Å². The van der Waals surface area contributed by atoms with Crippen LogP contribution in [0.1, 0.15) is 50.7 Å². The van der Waals surface area contributed by atoms with Crippen molar-refractivity contribution in [1.82, 2.24) is 10.1 Å². The molecule has 0 spiro atoms. The highest BCUT2D eigenvalue weighted by molar-refractivity contribution is 6.20. The lowest BCUT2D eigenvalue weighted by atomic mass is 10.1. The minimum absolute atomic E-state index is 0.121. The summed E-state index contributed by atoms with van der Waals surface area (Å²) >= 11 is 5.99. The standard InChI is InChI=1S/C10H17ClN2O/c1-4-7(3)6-9-12-10(13-14-9)8(11)5-2/h7-8H,4-6H2,1-3H3. The topological polar surface area (TPSA) is 38.9 Å². The largest absolute Gasteiger partial charge is 0.339 e. The summed E-state index contributed by atoms with van der Waals surface area (Å²) in [6.45, 7) is 6.32. The SMILES string of the molecule is CCC(C)Cc1nc(C(Cl)CC)no1. The maximum Gasteiger partial charge on any atom is 0.226 e. The second-order valence-electron chi connectivity index (χ2n) is 3.64. The number of aromatic nitrogens is 2. The normalized spacial score (nSPS) is 15.4. The fraction of sp³-hybridized carbons (Fsp3) is 0.800. The molecule has 0 aromatic carbocycles. The van der Waals surface area contributed by atoms with Gasteiger partial charge >= 0.3 is 0 Å². The van der Waals surface area contributed by atoms with Gasteiger partial charge in [-0.3, -0.25) is 0 Å². The zero-order chi connectivity index (χ0) is 10.6. The van der Waals surface area contributed by atoms with Crippen LogP contribution in [0.2, 0.25) is 0 Å². The van der Waals surface area contributed by atoms with E-state index in [4.69, 9.17) is 16.1 Å². The Hall–Kier alpha value is -0.570. The van der Waals surface area contributed by atoms with Crippen molar-refractivity contribution in [2.24, 2.45) is 5.92 Å². The molecule has 1 rings (SSSR count). The van der Waals surface area contributed by atoms with Gasteiger partial charge in [0.05, 0.1) is 5.38 Å². The summed E-state index contributed by atoms with van der Waals surface area (Å²) in [5.74, 6) is 1.90. The summed E-state index contributed by atoms with van der Waals surface area (Å²) in [6, 6.07) is 0. The molecule has 1 heterocycles. The lowest BCUT2D eigenvalue weighted by Gasteiger charge is -2.02. The van der Waals surface area contributed by atoms with Gasteiger partial charge in [-0.1, -0.05) is 32.3 Å². The number of hydrogen-bond donors (Lipinski definition) is 0. The van der Waals surface area contributed by atoms with Crippen LogP contribution in [0.15, 0.2) is 4.52 Å². The van der Waals surface area contributed by atoms with Crippen molar-refractivity contribution in [3.05, 3.63) is 11.7 Å². The van der Waals surface area contributed by atoms with Crippen molar-refractivity contribution in [3.8, 4) is 0 Å². The van der Waals surface area contributed by atoms with Crippen LogP contribution in [0.3, 0.4) is 0 Å². The van der Waals surface area contributed by atoms with E-state index in [0.29, 0.717) is 17.6 Å². The second-order valence-corrected chi connectivity index (χ2v) is 4.17. The Morgan fingerprint density at radius 2 is 2.07 bits per heavy atom. The highest BCUT2D eigenvalue weighted by atomic mass is 35.5. The average Bonchev–Trinajstić information content (AvgIpc) is 2.65. The Kier molecular flexibility index (Phi) is 4.39. The van der Waals surface area contributed by atoms with E-state index in [0.717, 1.165) is 19.3 Å². The van der Waals surface area contributed by atoms with Gasteiger partial charge in [-0.05, 0) is 12.3 Å². The minimum atomic E-state index is -0.121. The van der Waals surface area contributed by atoms with Crippen molar-refractivity contribution >= 4 is 11.6 Å². The number of nitrogens with zero attached hydrogens (tertiary/aromatic N) is 2. The Morgan fingerprint density at radius 3 is 2.64 bits per heavy atom. The van der Waals surface area contributed by atoms with Crippen molar-refractivity contribution in [1.29, 1.82) is 0 Å². The summed E-state index contributed by atoms with van der Waals surface area (Å²) in [5, 5.41) is 3.74. The molecule has 1 aromatic rings. The minimum Gasteiger partial charge on any atom is -0.339 e. The number of alkyl halides is 1. The monoisotopic (exact) mass is 216 g/mol. The maximum absolute atomic E-state index is 5.99. The highest BCUT2D eigenvalue weighted by Crippen LogP contribution is 2.21. The molecule has 4 heteroatoms. The lowest BCUT2D eigenvalue weighted by molar-refractivity contribution is 0.351. The summed E-state index contributed by atoms with van der Waals surface area (Å²) in [6.07, 6.45) is 2.79. The van der Waals surface area contributed by atoms with Crippen molar-refractivity contribution in [2.45, 2.75) is 45.4 Å². The first-order chi connectivity index (χ1) is 6.67. The zero-order valence-corrected chi connectivity index (χ0v) is 9.71. The summed E-state index contributed by atoms with van der Waals surface area (Å²) in [7, 11) is 0. The van der Waals surface area contributed by atoms with Gasteiger partial charge < -0.3 is 4.52 Å². The molecule has 3 nitrogen and oxygen atoms in total. The zero-order valence-electron chi connectivity index (χ0n) is 8.96. The fourth-order valence-corrected chi connectivity index (χ4v) is 1.19. The van der Waals surface area contributed by atoms with E-state index in [1.165, 1.54) is 0 Å². The van der Waals surface area contributed by atoms with Crippen LogP contribution < -0.4 is 0 Å². The van der Waals surface area contributed by atoms with Crippen LogP contribution in [0.5, 0.6) is 0 Å². The Morgan fingerprint density at radius 1 is 1.36 bits per heavy atom. The molecule has 0 N–H and O–H groups in total. The smallest absolute Gasteiger partial charge is 0.226 e. The third-order valence-electron chi connectivity index (χ3n) is 2.34. The highest BCUT2D eigenvalue weighted by Gasteiger charge is 2.14. The van der Waals surface area contributed by atoms with Crippen molar-refractivity contribution in [3.63, 3.8) is 0 Å². The third-order valence-corrected chi connectivity index (χ3v) is 2.85. The summed E-state index contributed by atoms with van der Waals surface area (Å²) in [5.41, 5.74) is 0. The second kappa shape index (κ2) is 5.35. The molecule has 0 fully saturated rings. The molecular formula is C10H17ClN2O. The van der Waals surface area contributed by atoms with E-state index in [1.54, 1.807) is 0 Å². The average molecular weight is 217 g/mol. The van der Waals surface area contributed by atoms with Crippen LogP contribution >= 0.6 is 11.6 Å². The van der Waals surface area contributed by atoms with E-state index < -0.39 is 0 Å². The molecule has 80 valence electrons. The van der Waals surface area contributed by atoms with Gasteiger partial charge in [0.1, 0.15) is 0 Å². The lowest BCUT2D eigenvalue weighted by Crippen LogP contribution is -1.98. The quantitative estimate of drug-likeness (QED) is 0.709. The van der Waals surface area contributed by atoms with Gasteiger partial charge in [-0.25, -0.2) is 0 Å². The first-order valence-electron chi connectivity index (χ1n) is 5.13. The van der Waals surface area contributed by atoms with Crippen molar-refractivity contribution in [2.75, 3.05) is 0 Å².